The lowest BCUT2D eigenvalue weighted by atomic mass is 10.1. The third-order valence-corrected chi connectivity index (χ3v) is 4.45. The molecule has 0 saturated heterocycles. The molecule has 0 aliphatic carbocycles. The summed E-state index contributed by atoms with van der Waals surface area (Å²) in [6.45, 7) is -0.164. The molecule has 0 aliphatic rings. The van der Waals surface area contributed by atoms with Gasteiger partial charge in [-0.1, -0.05) is 17.7 Å². The molecule has 2 heterocycles. The number of nitrogens with one attached hydrogen (secondary N) is 2. The number of H-pyrrole nitrogens is 1. The highest BCUT2D eigenvalue weighted by atomic mass is 35.5. The first-order valence-electron chi connectivity index (χ1n) is 8.07. The van der Waals surface area contributed by atoms with Crippen LogP contribution in [0, 0.1) is 0 Å². The number of anilines is 2. The van der Waals surface area contributed by atoms with Gasteiger partial charge in [-0.3, -0.25) is 14.7 Å². The Morgan fingerprint density at radius 3 is 2.69 bits per heavy atom. The first kappa shape index (κ1) is 20.4. The number of amides is 2. The summed E-state index contributed by atoms with van der Waals surface area (Å²) in [7, 11) is 1.32. The molecular formula is C17H14ClF3N6O2. The summed E-state index contributed by atoms with van der Waals surface area (Å²) in [5.41, 5.74) is 5.65. The van der Waals surface area contributed by atoms with Crippen LogP contribution in [0.5, 0.6) is 0 Å². The van der Waals surface area contributed by atoms with Gasteiger partial charge in [-0.05, 0) is 17.7 Å². The maximum atomic E-state index is 12.7. The van der Waals surface area contributed by atoms with Crippen molar-refractivity contribution in [2.45, 2.75) is 12.7 Å². The summed E-state index contributed by atoms with van der Waals surface area (Å²) in [5.74, 6) is -1.70. The molecule has 4 N–H and O–H groups in total. The Kier molecular flexibility index (Phi) is 5.33. The first-order valence-corrected chi connectivity index (χ1v) is 8.45. The summed E-state index contributed by atoms with van der Waals surface area (Å²) < 4.78 is 38.2. The number of fused-ring (bicyclic) bond motifs is 1. The average molecular weight is 427 g/mol. The maximum absolute atomic E-state index is 12.7. The number of rotatable bonds is 3. The van der Waals surface area contributed by atoms with E-state index in [-0.39, 0.29) is 28.6 Å². The second kappa shape index (κ2) is 7.59. The van der Waals surface area contributed by atoms with Crippen molar-refractivity contribution in [2.24, 2.45) is 0 Å². The summed E-state index contributed by atoms with van der Waals surface area (Å²) in [5, 5.41) is 9.18. The van der Waals surface area contributed by atoms with E-state index in [4.69, 9.17) is 17.3 Å². The number of alkyl halides is 3. The Morgan fingerprint density at radius 2 is 2.03 bits per heavy atom. The van der Waals surface area contributed by atoms with Crippen LogP contribution < -0.4 is 11.1 Å². The number of halogens is 4. The zero-order chi connectivity index (χ0) is 21.3. The van der Waals surface area contributed by atoms with Gasteiger partial charge < -0.3 is 16.0 Å². The molecule has 2 amide bonds. The number of hydrogen-bond donors (Lipinski definition) is 3. The van der Waals surface area contributed by atoms with E-state index < -0.39 is 23.6 Å². The number of carbonyl (C=O) groups is 2. The van der Waals surface area contributed by atoms with Crippen molar-refractivity contribution in [3.63, 3.8) is 0 Å². The number of pyridine rings is 1. The SMILES string of the molecule is CN(Cc1ccc(C(F)(F)F)cc1Cl)C(=O)C(=O)Nc1cnc(N)c2cn[nH]c12. The van der Waals surface area contributed by atoms with Crippen molar-refractivity contribution in [2.75, 3.05) is 18.1 Å². The molecule has 0 atom stereocenters. The summed E-state index contributed by atoms with van der Waals surface area (Å²) >= 11 is 5.89. The Labute approximate surface area is 166 Å². The van der Waals surface area contributed by atoms with Crippen LogP contribution in [0.15, 0.2) is 30.6 Å². The first-order chi connectivity index (χ1) is 13.6. The van der Waals surface area contributed by atoms with E-state index in [2.05, 4.69) is 20.5 Å². The Morgan fingerprint density at radius 1 is 1.31 bits per heavy atom. The predicted octanol–water partition coefficient (Wildman–Crippen LogP) is 2.81. The Hall–Kier alpha value is -3.34. The number of nitrogens with two attached hydrogens (primary N) is 1. The molecule has 0 aliphatic heterocycles. The number of nitrogens with zero attached hydrogens (tertiary/aromatic N) is 3. The van der Waals surface area contributed by atoms with Crippen LogP contribution in [-0.4, -0.2) is 38.9 Å². The van der Waals surface area contributed by atoms with Gasteiger partial charge in [0.05, 0.1) is 34.5 Å². The van der Waals surface area contributed by atoms with Crippen molar-refractivity contribution >= 4 is 45.8 Å². The lowest BCUT2D eigenvalue weighted by molar-refractivity contribution is -0.142. The molecule has 0 saturated carbocycles. The van der Waals surface area contributed by atoms with E-state index in [1.807, 2.05) is 0 Å². The highest BCUT2D eigenvalue weighted by Crippen LogP contribution is 2.32. The molecule has 0 fully saturated rings. The number of aromatic amines is 1. The summed E-state index contributed by atoms with van der Waals surface area (Å²) in [6, 6.07) is 2.78. The van der Waals surface area contributed by atoms with E-state index in [1.165, 1.54) is 19.4 Å². The van der Waals surface area contributed by atoms with Crippen LogP contribution in [0.2, 0.25) is 5.02 Å². The molecule has 0 spiro atoms. The molecule has 0 bridgehead atoms. The smallest absolute Gasteiger partial charge is 0.383 e. The fourth-order valence-corrected chi connectivity index (χ4v) is 2.82. The topological polar surface area (TPSA) is 117 Å². The minimum Gasteiger partial charge on any atom is -0.383 e. The number of carbonyl (C=O) groups excluding carboxylic acids is 2. The fourth-order valence-electron chi connectivity index (χ4n) is 2.58. The van der Waals surface area contributed by atoms with Crippen LogP contribution in [0.4, 0.5) is 24.7 Å². The van der Waals surface area contributed by atoms with Crippen molar-refractivity contribution in [3.05, 3.63) is 46.7 Å². The molecule has 0 radical (unpaired) electrons. The van der Waals surface area contributed by atoms with Crippen LogP contribution in [0.1, 0.15) is 11.1 Å². The van der Waals surface area contributed by atoms with Crippen LogP contribution in [0.3, 0.4) is 0 Å². The van der Waals surface area contributed by atoms with Gasteiger partial charge in [0.2, 0.25) is 0 Å². The molecule has 12 heteroatoms. The van der Waals surface area contributed by atoms with E-state index in [9.17, 15) is 22.8 Å². The molecular weight excluding hydrogens is 413 g/mol. The molecule has 3 aromatic rings. The lowest BCUT2D eigenvalue weighted by Gasteiger charge is -2.18. The van der Waals surface area contributed by atoms with E-state index >= 15 is 0 Å². The standard InChI is InChI=1S/C17H14ClF3N6O2/c1-27(7-8-2-3-9(4-11(8)18)17(19,20)21)16(29)15(28)25-12-6-23-14(22)10-5-24-26-13(10)12/h2-6H,7H2,1H3,(H2,22,23)(H,24,26)(H,25,28). The number of nitrogen functional groups attached to an aromatic ring is 1. The predicted molar refractivity (Wildman–Crippen MR) is 99.9 cm³/mol. The van der Waals surface area contributed by atoms with E-state index in [0.29, 0.717) is 10.9 Å². The summed E-state index contributed by atoms with van der Waals surface area (Å²) in [4.78, 5) is 29.6. The molecule has 8 nitrogen and oxygen atoms in total. The highest BCUT2D eigenvalue weighted by molar-refractivity contribution is 6.40. The van der Waals surface area contributed by atoms with Gasteiger partial charge in [0.25, 0.3) is 0 Å². The monoisotopic (exact) mass is 426 g/mol. The highest BCUT2D eigenvalue weighted by Gasteiger charge is 2.31. The minimum atomic E-state index is -4.53. The van der Waals surface area contributed by atoms with Crippen LogP contribution >= 0.6 is 11.6 Å². The number of hydrogen-bond acceptors (Lipinski definition) is 5. The average Bonchev–Trinajstić information content (AvgIpc) is 3.15. The molecule has 0 unspecified atom stereocenters. The Balaban J connectivity index is 1.72. The van der Waals surface area contributed by atoms with Gasteiger partial charge in [-0.2, -0.15) is 18.3 Å². The van der Waals surface area contributed by atoms with Gasteiger partial charge in [0.15, 0.2) is 0 Å². The second-order valence-electron chi connectivity index (χ2n) is 6.14. The van der Waals surface area contributed by atoms with Gasteiger partial charge in [0, 0.05) is 18.6 Å². The third kappa shape index (κ3) is 4.24. The Bertz CT molecular complexity index is 1100. The molecule has 29 heavy (non-hydrogen) atoms. The number of benzene rings is 1. The number of aromatic nitrogens is 3. The molecule has 2 aromatic heterocycles. The minimum absolute atomic E-state index is 0.164. The van der Waals surface area contributed by atoms with Gasteiger partial charge in [0.1, 0.15) is 5.82 Å². The number of likely N-dealkylation sites (N-methyl/N-ethyl adjacent to an activating group) is 1. The zero-order valence-electron chi connectivity index (χ0n) is 14.8. The van der Waals surface area contributed by atoms with Crippen LogP contribution in [0.25, 0.3) is 10.9 Å². The molecule has 3 rings (SSSR count). The van der Waals surface area contributed by atoms with Crippen molar-refractivity contribution in [1.82, 2.24) is 20.1 Å². The largest absolute Gasteiger partial charge is 0.416 e. The molecule has 152 valence electrons. The lowest BCUT2D eigenvalue weighted by Crippen LogP contribution is -2.36. The maximum Gasteiger partial charge on any atom is 0.416 e. The summed E-state index contributed by atoms with van der Waals surface area (Å²) in [6.07, 6.45) is -1.84. The zero-order valence-corrected chi connectivity index (χ0v) is 15.6. The quantitative estimate of drug-likeness (QED) is 0.557. The van der Waals surface area contributed by atoms with E-state index in [1.54, 1.807) is 0 Å². The second-order valence-corrected chi connectivity index (χ2v) is 6.54. The van der Waals surface area contributed by atoms with Crippen molar-refractivity contribution in [1.29, 1.82) is 0 Å². The third-order valence-electron chi connectivity index (χ3n) is 4.09. The van der Waals surface area contributed by atoms with Gasteiger partial charge in [-0.15, -0.1) is 0 Å². The van der Waals surface area contributed by atoms with Gasteiger partial charge in [-0.25, -0.2) is 4.98 Å². The van der Waals surface area contributed by atoms with Gasteiger partial charge >= 0.3 is 18.0 Å². The van der Waals surface area contributed by atoms with Crippen molar-refractivity contribution < 1.29 is 22.8 Å². The van der Waals surface area contributed by atoms with Crippen molar-refractivity contribution in [3.8, 4) is 0 Å². The fraction of sp³-hybridized carbons (Fsp3) is 0.176. The van der Waals surface area contributed by atoms with E-state index in [0.717, 1.165) is 23.1 Å². The van der Waals surface area contributed by atoms with Crippen LogP contribution in [-0.2, 0) is 22.3 Å². The normalized spacial score (nSPS) is 11.5. The molecule has 1 aromatic carbocycles.